The van der Waals surface area contributed by atoms with Gasteiger partial charge in [0, 0.05) is 12.6 Å². The Morgan fingerprint density at radius 2 is 1.89 bits per heavy atom. The summed E-state index contributed by atoms with van der Waals surface area (Å²) in [5.41, 5.74) is 6.15. The third kappa shape index (κ3) is 5.25. The molecule has 6 nitrogen and oxygen atoms in total. The van der Waals surface area contributed by atoms with Crippen molar-refractivity contribution in [2.24, 2.45) is 5.73 Å². The van der Waals surface area contributed by atoms with Crippen molar-refractivity contribution in [3.05, 3.63) is 60.2 Å². The van der Waals surface area contributed by atoms with E-state index in [1.54, 1.807) is 0 Å². The van der Waals surface area contributed by atoms with Crippen LogP contribution >= 0.6 is 0 Å². The number of ether oxygens (including phenoxy) is 1. The van der Waals surface area contributed by atoms with Crippen molar-refractivity contribution in [2.45, 2.75) is 44.7 Å². The topological polar surface area (TPSA) is 84.7 Å². The maximum absolute atomic E-state index is 12.9. The molecule has 3 rings (SSSR count). The zero-order valence-electron chi connectivity index (χ0n) is 16.1. The van der Waals surface area contributed by atoms with Gasteiger partial charge in [-0.25, -0.2) is 4.79 Å². The predicted molar refractivity (Wildman–Crippen MR) is 108 cm³/mol. The van der Waals surface area contributed by atoms with Gasteiger partial charge in [0.25, 0.3) is 0 Å². The first-order chi connectivity index (χ1) is 13.5. The largest absolute Gasteiger partial charge is 0.457 e. The number of carbonyl (C=O) groups is 2. The number of para-hydroxylation sites is 1. The molecule has 2 atom stereocenters. The summed E-state index contributed by atoms with van der Waals surface area (Å²) in [5.74, 6) is 1.39. The van der Waals surface area contributed by atoms with Crippen molar-refractivity contribution >= 4 is 11.9 Å². The van der Waals surface area contributed by atoms with Crippen molar-refractivity contribution in [2.75, 3.05) is 6.54 Å². The lowest BCUT2D eigenvalue weighted by atomic mass is 9.99. The number of carbonyl (C=O) groups excluding carboxylic acids is 2. The summed E-state index contributed by atoms with van der Waals surface area (Å²) >= 11 is 0. The van der Waals surface area contributed by atoms with E-state index in [0.717, 1.165) is 37.1 Å². The summed E-state index contributed by atoms with van der Waals surface area (Å²) in [6, 6.07) is 15.9. The van der Waals surface area contributed by atoms with Crippen molar-refractivity contribution in [1.82, 2.24) is 10.2 Å². The number of nitrogens with zero attached hydrogens (tertiary/aromatic N) is 1. The van der Waals surface area contributed by atoms with E-state index in [-0.39, 0.29) is 18.4 Å². The summed E-state index contributed by atoms with van der Waals surface area (Å²) in [6.45, 7) is 2.84. The number of primary amides is 1. The van der Waals surface area contributed by atoms with E-state index in [9.17, 15) is 9.59 Å². The number of urea groups is 1. The minimum Gasteiger partial charge on any atom is -0.457 e. The summed E-state index contributed by atoms with van der Waals surface area (Å²) < 4.78 is 5.87. The van der Waals surface area contributed by atoms with Crippen LogP contribution in [0.5, 0.6) is 11.5 Å². The Kier molecular flexibility index (Phi) is 6.53. The van der Waals surface area contributed by atoms with Crippen LogP contribution < -0.4 is 15.8 Å². The molecule has 6 heteroatoms. The Morgan fingerprint density at radius 3 is 2.61 bits per heavy atom. The zero-order chi connectivity index (χ0) is 19.9. The summed E-state index contributed by atoms with van der Waals surface area (Å²) in [5, 5.41) is 2.71. The maximum atomic E-state index is 12.9. The van der Waals surface area contributed by atoms with Crippen molar-refractivity contribution in [3.8, 4) is 11.5 Å². The molecule has 3 amide bonds. The fraction of sp³-hybridized carbons (Fsp3) is 0.364. The van der Waals surface area contributed by atoms with E-state index in [2.05, 4.69) is 12.2 Å². The highest BCUT2D eigenvalue weighted by molar-refractivity contribution is 5.79. The van der Waals surface area contributed by atoms with Crippen LogP contribution in [0.4, 0.5) is 4.79 Å². The van der Waals surface area contributed by atoms with Crippen LogP contribution in [-0.2, 0) is 4.79 Å². The smallest absolute Gasteiger partial charge is 0.312 e. The molecule has 2 unspecified atom stereocenters. The van der Waals surface area contributed by atoms with Crippen LogP contribution in [0.1, 0.15) is 44.2 Å². The number of nitrogens with one attached hydrogen (secondary N) is 1. The van der Waals surface area contributed by atoms with Crippen LogP contribution in [0.15, 0.2) is 54.6 Å². The number of benzene rings is 2. The summed E-state index contributed by atoms with van der Waals surface area (Å²) in [6.07, 6.45) is 3.35. The number of nitrogens with two attached hydrogens (primary N) is 1. The fourth-order valence-corrected chi connectivity index (χ4v) is 3.60. The van der Waals surface area contributed by atoms with Gasteiger partial charge in [0.15, 0.2) is 0 Å². The quantitative estimate of drug-likeness (QED) is 0.794. The first-order valence-corrected chi connectivity index (χ1v) is 9.71. The van der Waals surface area contributed by atoms with E-state index < -0.39 is 12.1 Å². The molecule has 0 aromatic heterocycles. The summed E-state index contributed by atoms with van der Waals surface area (Å²) in [4.78, 5) is 26.3. The van der Waals surface area contributed by atoms with Gasteiger partial charge in [-0.15, -0.1) is 0 Å². The van der Waals surface area contributed by atoms with Crippen molar-refractivity contribution < 1.29 is 14.3 Å². The van der Waals surface area contributed by atoms with E-state index in [1.165, 1.54) is 0 Å². The van der Waals surface area contributed by atoms with E-state index >= 15 is 0 Å². The standard InChI is InChI=1S/C22H27N3O3/c1-16-8-5-6-13-25(16)21(26)15-20(24-22(23)27)17-9-7-12-19(14-17)28-18-10-3-2-4-11-18/h2-4,7,9-12,14,16,20H,5-6,8,13,15H2,1H3,(H3,23,24,27). The van der Waals surface area contributed by atoms with E-state index in [4.69, 9.17) is 10.5 Å². The monoisotopic (exact) mass is 381 g/mol. The van der Waals surface area contributed by atoms with Gasteiger partial charge in [0.2, 0.25) is 5.91 Å². The van der Waals surface area contributed by atoms with Crippen molar-refractivity contribution in [3.63, 3.8) is 0 Å². The normalized spacial score (nSPS) is 17.6. The number of piperidine rings is 1. The highest BCUT2D eigenvalue weighted by atomic mass is 16.5. The van der Waals surface area contributed by atoms with E-state index in [1.807, 2.05) is 59.5 Å². The number of likely N-dealkylation sites (tertiary alicyclic amines) is 1. The molecule has 0 spiro atoms. The molecule has 148 valence electrons. The first kappa shape index (κ1) is 19.7. The third-order valence-electron chi connectivity index (χ3n) is 5.06. The molecule has 0 saturated carbocycles. The Morgan fingerprint density at radius 1 is 1.14 bits per heavy atom. The SMILES string of the molecule is CC1CCCCN1C(=O)CC(NC(N)=O)c1cccc(Oc2ccccc2)c1. The predicted octanol–water partition coefficient (Wildman–Crippen LogP) is 3.98. The average molecular weight is 381 g/mol. The van der Waals surface area contributed by atoms with Gasteiger partial charge in [0.1, 0.15) is 11.5 Å². The molecule has 3 N–H and O–H groups in total. The average Bonchev–Trinajstić information content (AvgIpc) is 2.68. The van der Waals surface area contributed by atoms with E-state index in [0.29, 0.717) is 5.75 Å². The van der Waals surface area contributed by atoms with Gasteiger partial charge in [-0.3, -0.25) is 4.79 Å². The molecular weight excluding hydrogens is 354 g/mol. The second-order valence-corrected chi connectivity index (χ2v) is 7.18. The van der Waals surface area contributed by atoms with Gasteiger partial charge < -0.3 is 20.7 Å². The second-order valence-electron chi connectivity index (χ2n) is 7.18. The Hall–Kier alpha value is -3.02. The number of amides is 3. The van der Waals surface area contributed by atoms with Crippen LogP contribution in [0.25, 0.3) is 0 Å². The highest BCUT2D eigenvalue weighted by Gasteiger charge is 2.26. The third-order valence-corrected chi connectivity index (χ3v) is 5.06. The maximum Gasteiger partial charge on any atom is 0.312 e. The van der Waals surface area contributed by atoms with Crippen LogP contribution in [-0.4, -0.2) is 29.4 Å². The zero-order valence-corrected chi connectivity index (χ0v) is 16.1. The lowest BCUT2D eigenvalue weighted by Crippen LogP contribution is -2.44. The van der Waals surface area contributed by atoms with Gasteiger partial charge >= 0.3 is 6.03 Å². The molecule has 1 aliphatic rings. The molecule has 0 bridgehead atoms. The molecular formula is C22H27N3O3. The highest BCUT2D eigenvalue weighted by Crippen LogP contribution is 2.27. The Bertz CT molecular complexity index is 810. The molecule has 1 aliphatic heterocycles. The molecule has 2 aromatic rings. The first-order valence-electron chi connectivity index (χ1n) is 9.71. The van der Waals surface area contributed by atoms with Crippen LogP contribution in [0, 0.1) is 0 Å². The Labute approximate surface area is 165 Å². The molecule has 1 saturated heterocycles. The number of rotatable bonds is 6. The minimum atomic E-state index is -0.654. The lowest BCUT2D eigenvalue weighted by Gasteiger charge is -2.34. The van der Waals surface area contributed by atoms with Gasteiger partial charge in [0.05, 0.1) is 12.5 Å². The lowest BCUT2D eigenvalue weighted by molar-refractivity contribution is -0.134. The molecule has 1 fully saturated rings. The van der Waals surface area contributed by atoms with Crippen molar-refractivity contribution in [1.29, 1.82) is 0 Å². The molecule has 1 heterocycles. The van der Waals surface area contributed by atoms with Gasteiger partial charge in [-0.05, 0) is 56.0 Å². The molecule has 0 aliphatic carbocycles. The molecule has 28 heavy (non-hydrogen) atoms. The minimum absolute atomic E-state index is 0.0281. The van der Waals surface area contributed by atoms with Gasteiger partial charge in [-0.2, -0.15) is 0 Å². The molecule has 0 radical (unpaired) electrons. The van der Waals surface area contributed by atoms with Crippen LogP contribution in [0.3, 0.4) is 0 Å². The fourth-order valence-electron chi connectivity index (χ4n) is 3.60. The van der Waals surface area contributed by atoms with Crippen LogP contribution in [0.2, 0.25) is 0 Å². The number of hydrogen-bond donors (Lipinski definition) is 2. The van der Waals surface area contributed by atoms with Gasteiger partial charge in [-0.1, -0.05) is 30.3 Å². The summed E-state index contributed by atoms with van der Waals surface area (Å²) in [7, 11) is 0. The second kappa shape index (κ2) is 9.26. The molecule has 2 aromatic carbocycles. The number of hydrogen-bond acceptors (Lipinski definition) is 3. The Balaban J connectivity index is 1.76.